The van der Waals surface area contributed by atoms with E-state index in [9.17, 15) is 4.79 Å². The van der Waals surface area contributed by atoms with Gasteiger partial charge in [-0.25, -0.2) is 4.99 Å². The van der Waals surface area contributed by atoms with E-state index in [4.69, 9.17) is 4.99 Å². The number of aromatic nitrogens is 1. The van der Waals surface area contributed by atoms with Gasteiger partial charge in [-0.2, -0.15) is 0 Å². The molecule has 2 aromatic carbocycles. The van der Waals surface area contributed by atoms with Crippen LogP contribution in [0.2, 0.25) is 0 Å². The molecule has 0 aliphatic carbocycles. The van der Waals surface area contributed by atoms with E-state index in [0.29, 0.717) is 13.1 Å². The molecule has 0 atom stereocenters. The predicted molar refractivity (Wildman–Crippen MR) is 131 cm³/mol. The number of hydrogen-bond acceptors (Lipinski definition) is 3. The van der Waals surface area contributed by atoms with Crippen molar-refractivity contribution in [1.29, 1.82) is 0 Å². The van der Waals surface area contributed by atoms with Crippen LogP contribution in [0.3, 0.4) is 0 Å². The lowest BCUT2D eigenvalue weighted by Gasteiger charge is -2.14. The maximum Gasteiger partial charge on any atom is 0.250 e. The molecule has 0 aliphatic rings. The Hall–Kier alpha value is -2.99. The fourth-order valence-electron chi connectivity index (χ4n) is 3.23. The topological polar surface area (TPSA) is 58.4 Å². The molecule has 0 fully saturated rings. The van der Waals surface area contributed by atoms with Crippen molar-refractivity contribution < 1.29 is 0 Å². The number of nitrogens with one attached hydrogen (secondary N) is 2. The first kappa shape index (κ1) is 22.7. The lowest BCUT2D eigenvalue weighted by Crippen LogP contribution is -2.36. The lowest BCUT2D eigenvalue weighted by atomic mass is 10.1. The molecule has 0 radical (unpaired) electrons. The molecule has 1 heterocycles. The maximum atomic E-state index is 11.9. The summed E-state index contributed by atoms with van der Waals surface area (Å²) in [6.45, 7) is 6.88. The largest absolute Gasteiger partial charge is 0.357 e. The number of aliphatic imine (C=N–C) groups is 1. The highest BCUT2D eigenvalue weighted by Gasteiger charge is 2.04. The average Bonchev–Trinajstić information content (AvgIpc) is 2.78. The number of nitrogens with zero attached hydrogens (tertiary/aromatic N) is 2. The highest BCUT2D eigenvalue weighted by Crippen LogP contribution is 2.21. The minimum atomic E-state index is 0.00994. The number of rotatable bonds is 8. The fourth-order valence-corrected chi connectivity index (χ4v) is 3.93. The van der Waals surface area contributed by atoms with Gasteiger partial charge in [-0.1, -0.05) is 42.5 Å². The third-order valence-electron chi connectivity index (χ3n) is 4.93. The number of thioether (sulfide) groups is 1. The summed E-state index contributed by atoms with van der Waals surface area (Å²) in [5.41, 5.74) is 4.77. The van der Waals surface area contributed by atoms with Crippen molar-refractivity contribution in [3.05, 3.63) is 99.5 Å². The van der Waals surface area contributed by atoms with E-state index in [2.05, 4.69) is 73.2 Å². The van der Waals surface area contributed by atoms with Crippen LogP contribution in [0.4, 0.5) is 0 Å². The monoisotopic (exact) mass is 434 g/mol. The van der Waals surface area contributed by atoms with Gasteiger partial charge in [0.05, 0.1) is 13.1 Å². The van der Waals surface area contributed by atoms with Crippen LogP contribution < -0.4 is 16.2 Å². The molecule has 31 heavy (non-hydrogen) atoms. The minimum absolute atomic E-state index is 0.00994. The minimum Gasteiger partial charge on any atom is -0.357 e. The van der Waals surface area contributed by atoms with E-state index in [1.54, 1.807) is 28.5 Å². The van der Waals surface area contributed by atoms with Gasteiger partial charge in [-0.15, -0.1) is 11.8 Å². The van der Waals surface area contributed by atoms with Crippen LogP contribution in [-0.4, -0.2) is 23.3 Å². The number of benzene rings is 2. The highest BCUT2D eigenvalue weighted by atomic mass is 32.2. The molecule has 0 unspecified atom stereocenters. The van der Waals surface area contributed by atoms with Gasteiger partial charge in [0, 0.05) is 30.2 Å². The van der Waals surface area contributed by atoms with E-state index in [-0.39, 0.29) is 5.56 Å². The highest BCUT2D eigenvalue weighted by molar-refractivity contribution is 7.98. The molecule has 3 aromatic rings. The Labute approximate surface area is 188 Å². The number of pyridine rings is 1. The molecule has 5 nitrogen and oxygen atoms in total. The molecular weight excluding hydrogens is 404 g/mol. The molecule has 0 spiro atoms. The standard InChI is InChI=1S/C25H30N4OS/c1-4-26-25(28-17-22-13-8-19(2)15-23(22)31-3)27-16-20-9-11-21(12-10-20)18-29-14-6-5-7-24(29)30/h5-15H,4,16-18H2,1-3H3,(H2,26,27,28). The van der Waals surface area contributed by atoms with E-state index < -0.39 is 0 Å². The SMILES string of the molecule is CCNC(=NCc1ccc(Cn2ccccc2=O)cc1)NCc1ccc(C)cc1SC. The van der Waals surface area contributed by atoms with Crippen LogP contribution >= 0.6 is 11.8 Å². The van der Waals surface area contributed by atoms with Crippen LogP contribution in [0.1, 0.15) is 29.2 Å². The molecule has 3 rings (SSSR count). The zero-order valence-corrected chi connectivity index (χ0v) is 19.2. The second-order valence-corrected chi connectivity index (χ2v) is 8.20. The Morgan fingerprint density at radius 3 is 2.52 bits per heavy atom. The first-order chi connectivity index (χ1) is 15.1. The maximum absolute atomic E-state index is 11.9. The Bertz CT molecular complexity index is 1070. The van der Waals surface area contributed by atoms with Crippen LogP contribution in [-0.2, 0) is 19.6 Å². The molecule has 6 heteroatoms. The van der Waals surface area contributed by atoms with Crippen LogP contribution in [0.15, 0.2) is 81.5 Å². The molecule has 0 bridgehead atoms. The Morgan fingerprint density at radius 2 is 1.81 bits per heavy atom. The molecule has 1 aromatic heterocycles. The van der Waals surface area contributed by atoms with E-state index >= 15 is 0 Å². The third-order valence-corrected chi connectivity index (χ3v) is 5.75. The summed E-state index contributed by atoms with van der Waals surface area (Å²) in [6, 6.07) is 20.0. The van der Waals surface area contributed by atoms with Gasteiger partial charge in [0.15, 0.2) is 5.96 Å². The van der Waals surface area contributed by atoms with Crippen LogP contribution in [0.5, 0.6) is 0 Å². The van der Waals surface area contributed by atoms with Gasteiger partial charge >= 0.3 is 0 Å². The summed E-state index contributed by atoms with van der Waals surface area (Å²) in [6.07, 6.45) is 3.92. The summed E-state index contributed by atoms with van der Waals surface area (Å²) in [4.78, 5) is 17.9. The molecular formula is C25H30N4OS. The third kappa shape index (κ3) is 6.76. The smallest absolute Gasteiger partial charge is 0.250 e. The van der Waals surface area contributed by atoms with Gasteiger partial charge in [0.25, 0.3) is 5.56 Å². The molecule has 0 amide bonds. The first-order valence-electron chi connectivity index (χ1n) is 10.5. The molecule has 2 N–H and O–H groups in total. The number of hydrogen-bond donors (Lipinski definition) is 2. The summed E-state index contributed by atoms with van der Waals surface area (Å²) in [5.74, 6) is 0.801. The zero-order valence-electron chi connectivity index (χ0n) is 18.4. The van der Waals surface area contributed by atoms with E-state index in [1.807, 2.05) is 12.3 Å². The number of aryl methyl sites for hydroxylation is 1. The molecule has 0 saturated heterocycles. The van der Waals surface area contributed by atoms with Crippen LogP contribution in [0.25, 0.3) is 0 Å². The van der Waals surface area contributed by atoms with Crippen LogP contribution in [0, 0.1) is 6.92 Å². The molecule has 162 valence electrons. The Balaban J connectivity index is 1.62. The number of guanidine groups is 1. The van der Waals surface area contributed by atoms with Crippen molar-refractivity contribution in [3.8, 4) is 0 Å². The quantitative estimate of drug-likeness (QED) is 0.317. The van der Waals surface area contributed by atoms with E-state index in [0.717, 1.165) is 30.2 Å². The van der Waals surface area contributed by atoms with Gasteiger partial charge in [0.2, 0.25) is 0 Å². The summed E-state index contributed by atoms with van der Waals surface area (Å²) in [5, 5.41) is 6.76. The average molecular weight is 435 g/mol. The lowest BCUT2D eigenvalue weighted by molar-refractivity contribution is 0.759. The predicted octanol–water partition coefficient (Wildman–Crippen LogP) is 4.18. The first-order valence-corrected chi connectivity index (χ1v) is 11.7. The van der Waals surface area contributed by atoms with Crippen molar-refractivity contribution >= 4 is 17.7 Å². The zero-order chi connectivity index (χ0) is 22.1. The van der Waals surface area contributed by atoms with Crippen molar-refractivity contribution in [2.75, 3.05) is 12.8 Å². The van der Waals surface area contributed by atoms with Gasteiger partial charge in [-0.3, -0.25) is 4.79 Å². The van der Waals surface area contributed by atoms with Crippen molar-refractivity contribution in [3.63, 3.8) is 0 Å². The molecule has 0 saturated carbocycles. The van der Waals surface area contributed by atoms with Crippen molar-refractivity contribution in [2.45, 2.75) is 38.4 Å². The fraction of sp³-hybridized carbons (Fsp3) is 0.280. The summed E-state index contributed by atoms with van der Waals surface area (Å²) in [7, 11) is 0. The Kier molecular flexibility index (Phi) is 8.35. The van der Waals surface area contributed by atoms with Crippen molar-refractivity contribution in [2.24, 2.45) is 4.99 Å². The van der Waals surface area contributed by atoms with E-state index in [1.165, 1.54) is 16.0 Å². The van der Waals surface area contributed by atoms with Gasteiger partial charge in [-0.05, 0) is 54.5 Å². The second kappa shape index (κ2) is 11.4. The second-order valence-electron chi connectivity index (χ2n) is 7.35. The van der Waals surface area contributed by atoms with Gasteiger partial charge < -0.3 is 15.2 Å². The summed E-state index contributed by atoms with van der Waals surface area (Å²) < 4.78 is 1.70. The molecule has 0 aliphatic heterocycles. The Morgan fingerprint density at radius 1 is 1.03 bits per heavy atom. The summed E-state index contributed by atoms with van der Waals surface area (Å²) >= 11 is 1.77. The van der Waals surface area contributed by atoms with Crippen molar-refractivity contribution in [1.82, 2.24) is 15.2 Å². The van der Waals surface area contributed by atoms with Gasteiger partial charge in [0.1, 0.15) is 0 Å². The normalized spacial score (nSPS) is 11.4.